The molecule has 1 aliphatic heterocycles. The third-order valence-corrected chi connectivity index (χ3v) is 4.76. The minimum absolute atomic E-state index is 0.0459. The number of hydrogen-bond acceptors (Lipinski definition) is 10. The summed E-state index contributed by atoms with van der Waals surface area (Å²) in [5.74, 6) is -2.05. The van der Waals surface area contributed by atoms with Gasteiger partial charge in [-0.05, 0) is 32.4 Å². The number of nitrogens with one attached hydrogen (secondary N) is 3. The van der Waals surface area contributed by atoms with Gasteiger partial charge in [-0.25, -0.2) is 4.79 Å². The molecule has 1 unspecified atom stereocenters. The highest BCUT2D eigenvalue weighted by Crippen LogP contribution is 2.33. The van der Waals surface area contributed by atoms with Crippen molar-refractivity contribution in [1.82, 2.24) is 10.6 Å². The van der Waals surface area contributed by atoms with Crippen LogP contribution in [0.3, 0.4) is 0 Å². The summed E-state index contributed by atoms with van der Waals surface area (Å²) in [4.78, 5) is 38.8. The fourth-order valence-electron chi connectivity index (χ4n) is 3.25. The average Bonchev–Trinajstić information content (AvgIpc) is 2.86. The van der Waals surface area contributed by atoms with Gasteiger partial charge in [0.2, 0.25) is 0 Å². The Kier molecular flexibility index (Phi) is 7.73. The van der Waals surface area contributed by atoms with Gasteiger partial charge >= 0.3 is 11.9 Å². The van der Waals surface area contributed by atoms with E-state index < -0.39 is 36.9 Å². The SMILES string of the molecule is [2H]C([2H])=C1NC(C#N)=C(N)N(c2cccc(C(=O)N[C@@H](CCC(=O)OCC)C(=O)OCC)c2NC)C1[2H]. The number of anilines is 2. The van der Waals surface area contributed by atoms with Crippen molar-refractivity contribution in [3.8, 4) is 6.07 Å². The lowest BCUT2D eigenvalue weighted by Crippen LogP contribution is -2.43. The van der Waals surface area contributed by atoms with Crippen molar-refractivity contribution >= 4 is 29.2 Å². The first-order chi connectivity index (χ1) is 17.6. The smallest absolute Gasteiger partial charge is 0.328 e. The normalized spacial score (nSPS) is 17.2. The molecule has 2 rings (SSSR count). The highest BCUT2D eigenvalue weighted by atomic mass is 16.5. The number of rotatable bonds is 10. The van der Waals surface area contributed by atoms with Crippen LogP contribution in [0.25, 0.3) is 0 Å². The summed E-state index contributed by atoms with van der Waals surface area (Å²) in [6.07, 6.45) is -0.163. The standard InChI is InChI=1S/C23H30N6O5/c1-5-33-19(30)11-10-16(23(32)34-6-2)28-22(31)15-8-7-9-18(20(15)26-4)29-13-14(3)27-17(12-24)21(29)25/h7-9,16,26-27H,3,5-6,10-11,13,25H2,1-2,4H3,(H,28,31)/t16-/m0/s1/i3D2,13D/t13?,16-. The summed E-state index contributed by atoms with van der Waals surface area (Å²) < 4.78 is 33.8. The molecule has 1 amide bonds. The molecule has 0 fully saturated rings. The van der Waals surface area contributed by atoms with Gasteiger partial charge in [-0.15, -0.1) is 0 Å². The van der Waals surface area contributed by atoms with E-state index in [9.17, 15) is 19.6 Å². The third kappa shape index (κ3) is 6.19. The van der Waals surface area contributed by atoms with E-state index in [0.29, 0.717) is 0 Å². The van der Waals surface area contributed by atoms with Gasteiger partial charge in [0.1, 0.15) is 17.9 Å². The molecule has 182 valence electrons. The number of amides is 1. The molecule has 11 nitrogen and oxygen atoms in total. The zero-order valence-electron chi connectivity index (χ0n) is 22.2. The minimum atomic E-state index is -1.38. The first-order valence-electron chi connectivity index (χ1n) is 12.2. The fraction of sp³-hybridized carbons (Fsp3) is 0.391. The number of esters is 2. The predicted molar refractivity (Wildman–Crippen MR) is 126 cm³/mol. The molecule has 1 aromatic carbocycles. The monoisotopic (exact) mass is 473 g/mol. The van der Waals surface area contributed by atoms with Crippen molar-refractivity contribution in [1.29, 1.82) is 5.26 Å². The van der Waals surface area contributed by atoms with Crippen LogP contribution in [0.1, 0.15) is 41.2 Å². The topological polar surface area (TPSA) is 159 Å². The molecule has 0 saturated heterocycles. The summed E-state index contributed by atoms with van der Waals surface area (Å²) in [5, 5.41) is 17.5. The van der Waals surface area contributed by atoms with Gasteiger partial charge in [0, 0.05) is 19.2 Å². The van der Waals surface area contributed by atoms with Crippen molar-refractivity contribution in [3.63, 3.8) is 0 Å². The van der Waals surface area contributed by atoms with Gasteiger partial charge in [0.05, 0.1) is 40.8 Å². The molecule has 0 radical (unpaired) electrons. The minimum Gasteiger partial charge on any atom is -0.466 e. The Balaban J connectivity index is 2.47. The van der Waals surface area contributed by atoms with E-state index >= 15 is 0 Å². The second-order valence-corrected chi connectivity index (χ2v) is 6.98. The summed E-state index contributed by atoms with van der Waals surface area (Å²) in [7, 11) is 1.53. The Bertz CT molecular complexity index is 1150. The van der Waals surface area contributed by atoms with Crippen LogP contribution in [0.4, 0.5) is 11.4 Å². The van der Waals surface area contributed by atoms with E-state index in [2.05, 4.69) is 16.0 Å². The average molecular weight is 474 g/mol. The number of carbonyl (C=O) groups excluding carboxylic acids is 3. The molecule has 0 bridgehead atoms. The van der Waals surface area contributed by atoms with Crippen molar-refractivity contribution in [2.45, 2.75) is 32.7 Å². The van der Waals surface area contributed by atoms with Gasteiger partial charge in [-0.2, -0.15) is 5.26 Å². The maximum absolute atomic E-state index is 13.3. The zero-order chi connectivity index (χ0) is 27.7. The Morgan fingerprint density at radius 1 is 1.38 bits per heavy atom. The lowest BCUT2D eigenvalue weighted by molar-refractivity contribution is -0.146. The summed E-state index contributed by atoms with van der Waals surface area (Å²) in [5.41, 5.74) is 6.31. The number of carbonyl (C=O) groups is 3. The largest absolute Gasteiger partial charge is 0.466 e. The van der Waals surface area contributed by atoms with Gasteiger partial charge in [-0.1, -0.05) is 12.6 Å². The Morgan fingerprint density at radius 2 is 2.12 bits per heavy atom. The molecule has 34 heavy (non-hydrogen) atoms. The van der Waals surface area contributed by atoms with Crippen LogP contribution < -0.4 is 26.6 Å². The van der Waals surface area contributed by atoms with E-state index in [1.165, 1.54) is 24.1 Å². The van der Waals surface area contributed by atoms with Crippen LogP contribution >= 0.6 is 0 Å². The van der Waals surface area contributed by atoms with Crippen molar-refractivity contribution in [2.75, 3.05) is 37.0 Å². The highest BCUT2D eigenvalue weighted by molar-refractivity contribution is 6.04. The first-order valence-corrected chi connectivity index (χ1v) is 10.6. The number of allylic oxidation sites excluding steroid dienone is 1. The van der Waals surface area contributed by atoms with Crippen LogP contribution in [0, 0.1) is 11.3 Å². The molecule has 1 aromatic rings. The van der Waals surface area contributed by atoms with Gasteiger partial charge < -0.3 is 36.1 Å². The molecule has 11 heteroatoms. The van der Waals surface area contributed by atoms with Crippen molar-refractivity contribution in [2.24, 2.45) is 5.73 Å². The zero-order valence-corrected chi connectivity index (χ0v) is 19.2. The number of ether oxygens (including phenoxy) is 2. The number of nitrogens with zero attached hydrogens (tertiary/aromatic N) is 2. The van der Waals surface area contributed by atoms with Gasteiger partial charge in [-0.3, -0.25) is 9.59 Å². The number of benzene rings is 1. The Morgan fingerprint density at radius 3 is 2.74 bits per heavy atom. The van der Waals surface area contributed by atoms with Crippen LogP contribution in [-0.4, -0.2) is 50.7 Å². The summed E-state index contributed by atoms with van der Waals surface area (Å²) in [6.45, 7) is 1.44. The highest BCUT2D eigenvalue weighted by Gasteiger charge is 2.28. The lowest BCUT2D eigenvalue weighted by atomic mass is 10.1. The van der Waals surface area contributed by atoms with Crippen molar-refractivity contribution in [3.05, 3.63) is 47.5 Å². The Labute approximate surface area is 202 Å². The quantitative estimate of drug-likeness (QED) is 0.365. The maximum Gasteiger partial charge on any atom is 0.328 e. The maximum atomic E-state index is 13.3. The van der Waals surface area contributed by atoms with Gasteiger partial charge in [0.15, 0.2) is 5.70 Å². The first kappa shape index (κ1) is 21.6. The summed E-state index contributed by atoms with van der Waals surface area (Å²) in [6, 6.07) is 5.25. The van der Waals surface area contributed by atoms with E-state index in [4.69, 9.17) is 19.3 Å². The number of hydrogen-bond donors (Lipinski definition) is 4. The molecular weight excluding hydrogens is 440 g/mol. The van der Waals surface area contributed by atoms with Crippen LogP contribution in [0.15, 0.2) is 41.9 Å². The fourth-order valence-corrected chi connectivity index (χ4v) is 3.25. The molecule has 0 saturated carbocycles. The third-order valence-electron chi connectivity index (χ3n) is 4.76. The van der Waals surface area contributed by atoms with E-state index in [0.717, 1.165) is 0 Å². The van der Waals surface area contributed by atoms with Crippen LogP contribution in [0.5, 0.6) is 0 Å². The second kappa shape index (κ2) is 12.2. The van der Waals surface area contributed by atoms with E-state index in [1.54, 1.807) is 19.9 Å². The number of nitrogens with two attached hydrogens (primary N) is 1. The lowest BCUT2D eigenvalue weighted by Gasteiger charge is -2.33. The number of nitriles is 1. The molecule has 0 aliphatic carbocycles. The van der Waals surface area contributed by atoms with E-state index in [-0.39, 0.29) is 60.2 Å². The van der Waals surface area contributed by atoms with E-state index in [1.807, 2.05) is 6.07 Å². The summed E-state index contributed by atoms with van der Waals surface area (Å²) >= 11 is 0. The molecule has 0 aromatic heterocycles. The van der Waals surface area contributed by atoms with Gasteiger partial charge in [0.25, 0.3) is 5.91 Å². The van der Waals surface area contributed by atoms with Crippen molar-refractivity contribution < 1.29 is 28.0 Å². The Hall–Kier alpha value is -4.20. The molecule has 1 aliphatic rings. The predicted octanol–water partition coefficient (Wildman–Crippen LogP) is 1.31. The molecular formula is C23H30N6O5. The number of para-hydroxylation sites is 1. The molecule has 0 spiro atoms. The molecule has 1 heterocycles. The molecule has 2 atom stereocenters. The second-order valence-electron chi connectivity index (χ2n) is 6.98. The van der Waals surface area contributed by atoms with Crippen LogP contribution in [-0.2, 0) is 19.1 Å². The molecule has 5 N–H and O–H groups in total. The van der Waals surface area contributed by atoms with Crippen LogP contribution in [0.2, 0.25) is 0 Å².